The third-order valence-electron chi connectivity index (χ3n) is 4.22. The second-order valence-electron chi connectivity index (χ2n) is 8.13. The van der Waals surface area contributed by atoms with Gasteiger partial charge in [-0.1, -0.05) is 32.0 Å². The predicted molar refractivity (Wildman–Crippen MR) is 100 cm³/mol. The molecule has 6 nitrogen and oxygen atoms in total. The molecule has 0 aromatic heterocycles. The highest BCUT2D eigenvalue weighted by molar-refractivity contribution is 5.86. The van der Waals surface area contributed by atoms with Gasteiger partial charge in [0, 0.05) is 6.42 Å². The van der Waals surface area contributed by atoms with Crippen LogP contribution in [0.5, 0.6) is 5.75 Å². The number of nitrogens with one attached hydrogen (secondary N) is 2. The van der Waals surface area contributed by atoms with Gasteiger partial charge in [-0.3, -0.25) is 4.79 Å². The van der Waals surface area contributed by atoms with Crippen molar-refractivity contribution in [3.8, 4) is 5.75 Å². The van der Waals surface area contributed by atoms with Crippen molar-refractivity contribution in [2.24, 2.45) is 5.92 Å². The number of amides is 2. The quantitative estimate of drug-likeness (QED) is 0.844. The summed E-state index contributed by atoms with van der Waals surface area (Å²) in [6.07, 6.45) is 0.0397. The molecule has 1 aromatic rings. The Bertz CT molecular complexity index is 626. The molecule has 1 aromatic carbocycles. The molecule has 2 rings (SSSR count). The van der Waals surface area contributed by atoms with Gasteiger partial charge in [-0.25, -0.2) is 4.79 Å². The summed E-state index contributed by atoms with van der Waals surface area (Å²) in [7, 11) is 0. The average Bonchev–Trinajstić information content (AvgIpc) is 2.94. The van der Waals surface area contributed by atoms with Gasteiger partial charge in [0.05, 0.1) is 6.04 Å². The number of fused-ring (bicyclic) bond motifs is 1. The highest BCUT2D eigenvalue weighted by Crippen LogP contribution is 2.29. The maximum atomic E-state index is 12.7. The number of ether oxygens (including phenoxy) is 2. The first-order valence-electron chi connectivity index (χ1n) is 9.11. The molecule has 1 heterocycles. The Morgan fingerprint density at radius 1 is 1.15 bits per heavy atom. The van der Waals surface area contributed by atoms with E-state index in [1.54, 1.807) is 20.8 Å². The summed E-state index contributed by atoms with van der Waals surface area (Å²) < 4.78 is 11.2. The summed E-state index contributed by atoms with van der Waals surface area (Å²) in [5, 5.41) is 5.64. The van der Waals surface area contributed by atoms with E-state index in [9.17, 15) is 9.59 Å². The van der Waals surface area contributed by atoms with Crippen LogP contribution in [-0.2, 0) is 16.0 Å². The molecule has 6 heteroatoms. The van der Waals surface area contributed by atoms with Gasteiger partial charge >= 0.3 is 6.09 Å². The molecule has 0 bridgehead atoms. The molecular formula is C20H30N2O4. The molecule has 0 aliphatic carbocycles. The van der Waals surface area contributed by atoms with Crippen molar-refractivity contribution in [2.75, 3.05) is 0 Å². The second-order valence-corrected chi connectivity index (χ2v) is 8.13. The topological polar surface area (TPSA) is 76.7 Å². The Kier molecular flexibility index (Phi) is 6.16. The molecule has 1 aliphatic rings. The fourth-order valence-corrected chi connectivity index (χ4v) is 2.86. The minimum absolute atomic E-state index is 0.0728. The third kappa shape index (κ3) is 5.38. The van der Waals surface area contributed by atoms with Crippen molar-refractivity contribution in [3.63, 3.8) is 0 Å². The lowest BCUT2D eigenvalue weighted by Gasteiger charge is -2.27. The summed E-state index contributed by atoms with van der Waals surface area (Å²) in [4.78, 5) is 24.7. The van der Waals surface area contributed by atoms with Crippen molar-refractivity contribution in [3.05, 3.63) is 29.8 Å². The van der Waals surface area contributed by atoms with Crippen LogP contribution in [0.4, 0.5) is 4.79 Å². The van der Waals surface area contributed by atoms with E-state index in [0.29, 0.717) is 0 Å². The van der Waals surface area contributed by atoms with Gasteiger partial charge in [-0.05, 0) is 45.2 Å². The van der Waals surface area contributed by atoms with Gasteiger partial charge in [0.25, 0.3) is 0 Å². The Morgan fingerprint density at radius 2 is 1.81 bits per heavy atom. The molecule has 1 aliphatic heterocycles. The van der Waals surface area contributed by atoms with Crippen LogP contribution in [0.25, 0.3) is 0 Å². The normalized spacial score (nSPS) is 18.5. The van der Waals surface area contributed by atoms with Crippen LogP contribution in [-0.4, -0.2) is 35.8 Å². The molecular weight excluding hydrogens is 332 g/mol. The summed E-state index contributed by atoms with van der Waals surface area (Å²) in [6, 6.07) is 7.03. The lowest BCUT2D eigenvalue weighted by atomic mass is 10.0. The molecule has 2 amide bonds. The van der Waals surface area contributed by atoms with Crippen LogP contribution >= 0.6 is 0 Å². The Balaban J connectivity index is 1.94. The number of alkyl carbamates (subject to hydrolysis) is 1. The Labute approximate surface area is 155 Å². The first kappa shape index (κ1) is 20.1. The lowest BCUT2D eigenvalue weighted by molar-refractivity contribution is -0.125. The smallest absolute Gasteiger partial charge is 0.408 e. The number of hydrogen-bond donors (Lipinski definition) is 2. The van der Waals surface area contributed by atoms with Crippen LogP contribution in [0.2, 0.25) is 0 Å². The van der Waals surface area contributed by atoms with Crippen molar-refractivity contribution >= 4 is 12.0 Å². The lowest BCUT2D eigenvalue weighted by Crippen LogP contribution is -2.54. The summed E-state index contributed by atoms with van der Waals surface area (Å²) >= 11 is 0. The third-order valence-corrected chi connectivity index (χ3v) is 4.22. The minimum Gasteiger partial charge on any atom is -0.488 e. The molecule has 0 saturated carbocycles. The molecule has 144 valence electrons. The zero-order valence-electron chi connectivity index (χ0n) is 16.5. The van der Waals surface area contributed by atoms with Gasteiger partial charge in [-0.15, -0.1) is 0 Å². The van der Waals surface area contributed by atoms with Crippen molar-refractivity contribution in [1.29, 1.82) is 0 Å². The van der Waals surface area contributed by atoms with E-state index in [2.05, 4.69) is 10.6 Å². The average molecular weight is 362 g/mol. The van der Waals surface area contributed by atoms with E-state index in [1.807, 2.05) is 45.0 Å². The number of carbonyl (C=O) groups excluding carboxylic acids is 2. The van der Waals surface area contributed by atoms with Gasteiger partial charge in [0.2, 0.25) is 5.91 Å². The predicted octanol–water partition coefficient (Wildman–Crippen LogP) is 3.04. The molecule has 0 saturated heterocycles. The molecule has 2 N–H and O–H groups in total. The number of para-hydroxylation sites is 1. The largest absolute Gasteiger partial charge is 0.488 e. The summed E-state index contributed by atoms with van der Waals surface area (Å²) in [5.74, 6) is 0.556. The van der Waals surface area contributed by atoms with Crippen molar-refractivity contribution in [1.82, 2.24) is 10.6 Å². The zero-order chi connectivity index (χ0) is 19.5. The van der Waals surface area contributed by atoms with E-state index in [0.717, 1.165) is 17.7 Å². The molecule has 26 heavy (non-hydrogen) atoms. The van der Waals surface area contributed by atoms with Crippen LogP contribution in [0.1, 0.15) is 47.1 Å². The van der Waals surface area contributed by atoms with E-state index >= 15 is 0 Å². The number of benzene rings is 1. The number of carbonyl (C=O) groups is 2. The van der Waals surface area contributed by atoms with Crippen molar-refractivity contribution in [2.45, 2.75) is 71.8 Å². The van der Waals surface area contributed by atoms with Crippen LogP contribution < -0.4 is 15.4 Å². The van der Waals surface area contributed by atoms with E-state index < -0.39 is 17.7 Å². The molecule has 2 unspecified atom stereocenters. The van der Waals surface area contributed by atoms with Crippen molar-refractivity contribution < 1.29 is 19.1 Å². The fraction of sp³-hybridized carbons (Fsp3) is 0.600. The monoisotopic (exact) mass is 362 g/mol. The molecule has 0 fully saturated rings. The highest BCUT2D eigenvalue weighted by atomic mass is 16.6. The summed E-state index contributed by atoms with van der Waals surface area (Å²) in [5.41, 5.74) is 0.532. The highest BCUT2D eigenvalue weighted by Gasteiger charge is 2.32. The standard InChI is InChI=1S/C20H30N2O4/c1-12(2)17(22-19(24)26-20(4,5)6)18(23)21-13(3)16-11-14-9-7-8-10-15(14)25-16/h7-10,12-13,16-17H,11H2,1-6H3,(H,21,23)(H,22,24)/t13?,16?,17-/m0/s1. The van der Waals surface area contributed by atoms with Gasteiger partial charge in [0.15, 0.2) is 0 Å². The van der Waals surface area contributed by atoms with E-state index in [4.69, 9.17) is 9.47 Å². The van der Waals surface area contributed by atoms with Gasteiger partial charge in [0.1, 0.15) is 23.5 Å². The van der Waals surface area contributed by atoms with Gasteiger partial charge in [-0.2, -0.15) is 0 Å². The van der Waals surface area contributed by atoms with Crippen LogP contribution in [0.3, 0.4) is 0 Å². The first-order chi connectivity index (χ1) is 12.1. The number of rotatable bonds is 5. The molecule has 3 atom stereocenters. The number of hydrogen-bond acceptors (Lipinski definition) is 4. The minimum atomic E-state index is -0.670. The van der Waals surface area contributed by atoms with Crippen LogP contribution in [0.15, 0.2) is 24.3 Å². The van der Waals surface area contributed by atoms with E-state index in [-0.39, 0.29) is 24.0 Å². The first-order valence-corrected chi connectivity index (χ1v) is 9.11. The van der Waals surface area contributed by atoms with Crippen LogP contribution in [0, 0.1) is 5.92 Å². The SMILES string of the molecule is CC(NC(=O)[C@@H](NC(=O)OC(C)(C)C)C(C)C)C1Cc2ccccc2O1. The fourth-order valence-electron chi connectivity index (χ4n) is 2.86. The maximum Gasteiger partial charge on any atom is 0.408 e. The maximum absolute atomic E-state index is 12.7. The van der Waals surface area contributed by atoms with E-state index in [1.165, 1.54) is 0 Å². The summed E-state index contributed by atoms with van der Waals surface area (Å²) in [6.45, 7) is 11.0. The Morgan fingerprint density at radius 3 is 2.38 bits per heavy atom. The second kappa shape index (κ2) is 7.98. The Hall–Kier alpha value is -2.24. The van der Waals surface area contributed by atoms with Gasteiger partial charge < -0.3 is 20.1 Å². The zero-order valence-corrected chi connectivity index (χ0v) is 16.5. The molecule has 0 radical (unpaired) electrons. The molecule has 0 spiro atoms.